The van der Waals surface area contributed by atoms with Crippen molar-refractivity contribution in [1.82, 2.24) is 15.6 Å². The number of hydrogen-bond donors (Lipinski definition) is 2. The van der Waals surface area contributed by atoms with Crippen LogP contribution < -0.4 is 10.6 Å². The second kappa shape index (κ2) is 11.3. The second-order valence-electron chi connectivity index (χ2n) is 4.67. The smallest absolute Gasteiger partial charge is 0.226 e. The fraction of sp³-hybridized carbons (Fsp3) is 0.333. The highest BCUT2D eigenvalue weighted by Crippen LogP contribution is 2.15. The highest BCUT2D eigenvalue weighted by Gasteiger charge is 2.08. The van der Waals surface area contributed by atoms with Gasteiger partial charge in [0.2, 0.25) is 5.91 Å². The molecule has 0 spiro atoms. The first-order valence-corrected chi connectivity index (χ1v) is 7.64. The van der Waals surface area contributed by atoms with Crippen molar-refractivity contribution in [2.45, 2.75) is 12.8 Å². The first kappa shape index (κ1) is 21.8. The largest absolute Gasteiger partial charge is 0.354 e. The quantitative estimate of drug-likeness (QED) is 0.726. The van der Waals surface area contributed by atoms with Crippen LogP contribution in [0, 0.1) is 5.82 Å². The molecule has 0 aliphatic carbocycles. The Morgan fingerprint density at radius 2 is 1.91 bits per heavy atom. The van der Waals surface area contributed by atoms with E-state index in [1.165, 1.54) is 23.5 Å². The molecule has 0 saturated carbocycles. The number of carbonyl (C=O) groups is 1. The molecule has 2 aromatic rings. The van der Waals surface area contributed by atoms with E-state index in [0.717, 1.165) is 22.8 Å². The summed E-state index contributed by atoms with van der Waals surface area (Å²) in [7, 11) is 1.84. The molecule has 0 saturated heterocycles. The minimum absolute atomic E-state index is 0. The number of thiazole rings is 1. The molecule has 0 bridgehead atoms. The molecule has 0 fully saturated rings. The van der Waals surface area contributed by atoms with E-state index >= 15 is 0 Å². The van der Waals surface area contributed by atoms with Gasteiger partial charge in [-0.3, -0.25) is 4.79 Å². The van der Waals surface area contributed by atoms with Crippen LogP contribution in [0.4, 0.5) is 4.39 Å². The Morgan fingerprint density at radius 1 is 1.22 bits per heavy atom. The number of benzene rings is 1. The average Bonchev–Trinajstić information content (AvgIpc) is 2.89. The summed E-state index contributed by atoms with van der Waals surface area (Å²) >= 11 is 1.52. The number of nitrogens with one attached hydrogen (secondary N) is 2. The molecule has 0 atom stereocenters. The van der Waals surface area contributed by atoms with Crippen molar-refractivity contribution in [3.63, 3.8) is 0 Å². The van der Waals surface area contributed by atoms with Gasteiger partial charge in [0.15, 0.2) is 0 Å². The molecule has 8 heteroatoms. The molecule has 0 aliphatic rings. The SMILES string of the molecule is CNCCNC(=O)Cc1csc(Cc2ccc(F)cc2)n1.Cl.Cl. The van der Waals surface area contributed by atoms with E-state index in [9.17, 15) is 9.18 Å². The lowest BCUT2D eigenvalue weighted by atomic mass is 10.1. The zero-order valence-electron chi connectivity index (χ0n) is 12.7. The number of halogens is 3. The van der Waals surface area contributed by atoms with Gasteiger partial charge in [0.25, 0.3) is 0 Å². The van der Waals surface area contributed by atoms with Crippen molar-refractivity contribution < 1.29 is 9.18 Å². The van der Waals surface area contributed by atoms with E-state index in [1.54, 1.807) is 12.1 Å². The summed E-state index contributed by atoms with van der Waals surface area (Å²) in [6, 6.07) is 6.39. The summed E-state index contributed by atoms with van der Waals surface area (Å²) < 4.78 is 12.8. The molecule has 0 radical (unpaired) electrons. The number of hydrogen-bond acceptors (Lipinski definition) is 4. The lowest BCUT2D eigenvalue weighted by Gasteiger charge is -2.02. The van der Waals surface area contributed by atoms with E-state index in [-0.39, 0.29) is 36.5 Å². The lowest BCUT2D eigenvalue weighted by molar-refractivity contribution is -0.120. The van der Waals surface area contributed by atoms with Crippen LogP contribution >= 0.6 is 36.2 Å². The predicted molar refractivity (Wildman–Crippen MR) is 96.5 cm³/mol. The number of likely N-dealkylation sites (N-methyl/N-ethyl adjacent to an activating group) is 1. The van der Waals surface area contributed by atoms with Gasteiger partial charge in [-0.05, 0) is 24.7 Å². The molecule has 4 nitrogen and oxygen atoms in total. The summed E-state index contributed by atoms with van der Waals surface area (Å²) in [5.41, 5.74) is 1.79. The molecule has 1 amide bonds. The second-order valence-corrected chi connectivity index (χ2v) is 5.61. The van der Waals surface area contributed by atoms with E-state index in [4.69, 9.17) is 0 Å². The average molecular weight is 380 g/mol. The molecule has 128 valence electrons. The summed E-state index contributed by atoms with van der Waals surface area (Å²) in [6.45, 7) is 1.36. The van der Waals surface area contributed by atoms with Gasteiger partial charge in [0.1, 0.15) is 5.82 Å². The van der Waals surface area contributed by atoms with Gasteiger partial charge >= 0.3 is 0 Å². The van der Waals surface area contributed by atoms with Crippen molar-refractivity contribution in [2.24, 2.45) is 0 Å². The van der Waals surface area contributed by atoms with Gasteiger partial charge in [-0.2, -0.15) is 0 Å². The molecular weight excluding hydrogens is 360 g/mol. The van der Waals surface area contributed by atoms with Gasteiger partial charge in [0, 0.05) is 24.9 Å². The third-order valence-electron chi connectivity index (χ3n) is 2.91. The Labute approximate surface area is 151 Å². The Balaban J connectivity index is 0.00000242. The zero-order chi connectivity index (χ0) is 15.1. The van der Waals surface area contributed by atoms with E-state index < -0.39 is 0 Å². The molecule has 1 aromatic carbocycles. The number of amides is 1. The van der Waals surface area contributed by atoms with E-state index in [0.29, 0.717) is 19.4 Å². The van der Waals surface area contributed by atoms with Crippen LogP contribution in [0.15, 0.2) is 29.6 Å². The highest BCUT2D eigenvalue weighted by molar-refractivity contribution is 7.09. The van der Waals surface area contributed by atoms with Gasteiger partial charge in [-0.25, -0.2) is 9.37 Å². The normalized spacial score (nSPS) is 9.65. The minimum Gasteiger partial charge on any atom is -0.354 e. The maximum Gasteiger partial charge on any atom is 0.226 e. The van der Waals surface area contributed by atoms with Crippen LogP contribution in [0.5, 0.6) is 0 Å². The molecule has 2 N–H and O–H groups in total. The van der Waals surface area contributed by atoms with Gasteiger partial charge in [-0.1, -0.05) is 12.1 Å². The Kier molecular flexibility index (Phi) is 10.7. The first-order chi connectivity index (χ1) is 10.2. The van der Waals surface area contributed by atoms with E-state index in [2.05, 4.69) is 15.6 Å². The van der Waals surface area contributed by atoms with Crippen molar-refractivity contribution in [2.75, 3.05) is 20.1 Å². The van der Waals surface area contributed by atoms with Crippen molar-refractivity contribution >= 4 is 42.1 Å². The number of rotatable bonds is 7. The molecule has 0 aliphatic heterocycles. The van der Waals surface area contributed by atoms with Crippen LogP contribution in [0.2, 0.25) is 0 Å². The van der Waals surface area contributed by atoms with Crippen LogP contribution in [0.25, 0.3) is 0 Å². The number of aromatic nitrogens is 1. The molecule has 1 aromatic heterocycles. The summed E-state index contributed by atoms with van der Waals surface area (Å²) in [4.78, 5) is 16.1. The molecule has 1 heterocycles. The molecular formula is C15H20Cl2FN3OS. The van der Waals surface area contributed by atoms with Crippen molar-refractivity contribution in [3.8, 4) is 0 Å². The lowest BCUT2D eigenvalue weighted by Crippen LogP contribution is -2.31. The topological polar surface area (TPSA) is 54.0 Å². The minimum atomic E-state index is -0.239. The first-order valence-electron chi connectivity index (χ1n) is 6.76. The fourth-order valence-corrected chi connectivity index (χ4v) is 2.67. The number of carbonyl (C=O) groups excluding carboxylic acids is 1. The highest BCUT2D eigenvalue weighted by atomic mass is 35.5. The maximum atomic E-state index is 12.8. The standard InChI is InChI=1S/C15H18FN3OS.2ClH/c1-17-6-7-18-14(20)9-13-10-21-15(19-13)8-11-2-4-12(16)5-3-11;;/h2-5,10,17H,6-9H2,1H3,(H,18,20);2*1H. The summed E-state index contributed by atoms with van der Waals surface area (Å²) in [5, 5.41) is 8.62. The van der Waals surface area contributed by atoms with Crippen LogP contribution in [-0.4, -0.2) is 31.0 Å². The zero-order valence-corrected chi connectivity index (χ0v) is 15.1. The Bertz CT molecular complexity index is 593. The Morgan fingerprint density at radius 3 is 2.57 bits per heavy atom. The van der Waals surface area contributed by atoms with Crippen LogP contribution in [0.1, 0.15) is 16.3 Å². The van der Waals surface area contributed by atoms with Gasteiger partial charge in [0.05, 0.1) is 17.1 Å². The van der Waals surface area contributed by atoms with Crippen molar-refractivity contribution in [3.05, 3.63) is 51.7 Å². The molecule has 23 heavy (non-hydrogen) atoms. The number of nitrogens with zero attached hydrogens (tertiary/aromatic N) is 1. The Hall–Kier alpha value is -1.21. The van der Waals surface area contributed by atoms with Crippen LogP contribution in [-0.2, 0) is 17.6 Å². The van der Waals surface area contributed by atoms with Crippen molar-refractivity contribution in [1.29, 1.82) is 0 Å². The maximum absolute atomic E-state index is 12.8. The molecule has 0 unspecified atom stereocenters. The van der Waals surface area contributed by atoms with Crippen LogP contribution in [0.3, 0.4) is 0 Å². The summed E-state index contributed by atoms with van der Waals surface area (Å²) in [6.07, 6.45) is 0.954. The molecule has 2 rings (SSSR count). The van der Waals surface area contributed by atoms with Gasteiger partial charge in [-0.15, -0.1) is 36.2 Å². The third-order valence-corrected chi connectivity index (χ3v) is 3.80. The fourth-order valence-electron chi connectivity index (χ4n) is 1.84. The van der Waals surface area contributed by atoms with E-state index in [1.807, 2.05) is 12.4 Å². The summed E-state index contributed by atoms with van der Waals surface area (Å²) in [5.74, 6) is -0.263. The third kappa shape index (κ3) is 7.74. The van der Waals surface area contributed by atoms with Gasteiger partial charge < -0.3 is 10.6 Å². The predicted octanol–water partition coefficient (Wildman–Crippen LogP) is 2.59. The monoisotopic (exact) mass is 379 g/mol.